The summed E-state index contributed by atoms with van der Waals surface area (Å²) in [6.07, 6.45) is 1.54. The van der Waals surface area contributed by atoms with E-state index in [1.54, 1.807) is 19.3 Å². The van der Waals surface area contributed by atoms with Crippen LogP contribution in [-0.4, -0.2) is 10.5 Å². The maximum atomic E-state index is 13.4. The molecule has 0 spiro atoms. The Morgan fingerprint density at radius 1 is 1.19 bits per heavy atom. The molecule has 0 bridgehead atoms. The van der Waals surface area contributed by atoms with Crippen LogP contribution < -0.4 is 10.9 Å². The van der Waals surface area contributed by atoms with Gasteiger partial charge in [-0.05, 0) is 18.2 Å². The number of amides is 1. The maximum Gasteiger partial charge on any atom is 0.255 e. The highest BCUT2D eigenvalue weighted by atomic mass is 19.2. The lowest BCUT2D eigenvalue weighted by Crippen LogP contribution is -2.29. The van der Waals surface area contributed by atoms with Gasteiger partial charge in [0.05, 0.1) is 5.56 Å². The van der Waals surface area contributed by atoms with Crippen LogP contribution in [0.2, 0.25) is 0 Å². The van der Waals surface area contributed by atoms with Crippen LogP contribution in [-0.2, 0) is 13.6 Å². The largest absolute Gasteiger partial charge is 0.348 e. The summed E-state index contributed by atoms with van der Waals surface area (Å²) in [4.78, 5) is 23.5. The smallest absolute Gasteiger partial charge is 0.255 e. The first-order valence-electron chi connectivity index (χ1n) is 5.98. The molecule has 1 aromatic carbocycles. The van der Waals surface area contributed by atoms with Crippen LogP contribution in [0.1, 0.15) is 15.9 Å². The van der Waals surface area contributed by atoms with Gasteiger partial charge in [0, 0.05) is 25.4 Å². The van der Waals surface area contributed by atoms with Gasteiger partial charge in [-0.25, -0.2) is 13.2 Å². The van der Waals surface area contributed by atoms with Gasteiger partial charge in [-0.3, -0.25) is 9.59 Å². The molecule has 0 aliphatic heterocycles. The van der Waals surface area contributed by atoms with E-state index in [1.807, 2.05) is 0 Å². The highest BCUT2D eigenvalue weighted by Gasteiger charge is 2.18. The second kappa shape index (κ2) is 5.82. The summed E-state index contributed by atoms with van der Waals surface area (Å²) in [5, 5.41) is 2.29. The standard InChI is InChI=1S/C14H11F3N2O2/c1-19-6-2-3-8(14(19)21)7-18-13(20)9-4-5-10(15)12(17)11(9)16/h2-6H,7H2,1H3,(H,18,20). The fraction of sp³-hybridized carbons (Fsp3) is 0.143. The quantitative estimate of drug-likeness (QED) is 0.877. The fourth-order valence-corrected chi connectivity index (χ4v) is 1.76. The monoisotopic (exact) mass is 296 g/mol. The third-order valence-corrected chi connectivity index (χ3v) is 2.92. The average Bonchev–Trinajstić information content (AvgIpc) is 2.46. The van der Waals surface area contributed by atoms with Gasteiger partial charge in [-0.1, -0.05) is 6.07 Å². The van der Waals surface area contributed by atoms with Gasteiger partial charge in [0.2, 0.25) is 0 Å². The minimum absolute atomic E-state index is 0.148. The Labute approximate surface area is 117 Å². The number of hydrogen-bond acceptors (Lipinski definition) is 2. The van der Waals surface area contributed by atoms with E-state index in [-0.39, 0.29) is 17.7 Å². The van der Waals surface area contributed by atoms with E-state index in [9.17, 15) is 22.8 Å². The van der Waals surface area contributed by atoms with Crippen molar-refractivity contribution in [2.24, 2.45) is 7.05 Å². The predicted octanol–water partition coefficient (Wildman–Crippen LogP) is 1.73. The van der Waals surface area contributed by atoms with Gasteiger partial charge in [0.1, 0.15) is 0 Å². The van der Waals surface area contributed by atoms with E-state index in [2.05, 4.69) is 5.32 Å². The highest BCUT2D eigenvalue weighted by molar-refractivity contribution is 5.94. The van der Waals surface area contributed by atoms with Crippen LogP contribution in [0.15, 0.2) is 35.3 Å². The molecule has 1 aromatic heterocycles. The Morgan fingerprint density at radius 3 is 2.62 bits per heavy atom. The van der Waals surface area contributed by atoms with E-state index < -0.39 is 28.9 Å². The minimum Gasteiger partial charge on any atom is -0.348 e. The number of rotatable bonds is 3. The third kappa shape index (κ3) is 2.96. The Hall–Kier alpha value is -2.57. The van der Waals surface area contributed by atoms with Gasteiger partial charge >= 0.3 is 0 Å². The van der Waals surface area contributed by atoms with Crippen molar-refractivity contribution in [2.75, 3.05) is 0 Å². The van der Waals surface area contributed by atoms with Crippen molar-refractivity contribution in [2.45, 2.75) is 6.54 Å². The van der Waals surface area contributed by atoms with Crippen LogP contribution >= 0.6 is 0 Å². The second-order valence-corrected chi connectivity index (χ2v) is 4.36. The lowest BCUT2D eigenvalue weighted by Gasteiger charge is -2.07. The van der Waals surface area contributed by atoms with Gasteiger partial charge in [-0.15, -0.1) is 0 Å². The van der Waals surface area contributed by atoms with Crippen molar-refractivity contribution in [3.05, 3.63) is 69.4 Å². The van der Waals surface area contributed by atoms with Crippen LogP contribution in [0.25, 0.3) is 0 Å². The molecule has 0 atom stereocenters. The molecule has 0 aliphatic rings. The van der Waals surface area contributed by atoms with Gasteiger partial charge in [-0.2, -0.15) is 0 Å². The zero-order valence-electron chi connectivity index (χ0n) is 11.0. The number of carbonyl (C=O) groups is 1. The van der Waals surface area contributed by atoms with Crippen molar-refractivity contribution in [3.8, 4) is 0 Å². The summed E-state index contributed by atoms with van der Waals surface area (Å²) in [6.45, 7) is -0.148. The van der Waals surface area contributed by atoms with Crippen molar-refractivity contribution in [1.82, 2.24) is 9.88 Å². The first-order valence-corrected chi connectivity index (χ1v) is 5.98. The summed E-state index contributed by atoms with van der Waals surface area (Å²) in [6, 6.07) is 4.62. The van der Waals surface area contributed by atoms with E-state index in [0.717, 1.165) is 6.07 Å². The molecular formula is C14H11F3N2O2. The molecule has 0 saturated heterocycles. The van der Waals surface area contributed by atoms with Gasteiger partial charge in [0.15, 0.2) is 17.5 Å². The average molecular weight is 296 g/mol. The van der Waals surface area contributed by atoms with Crippen molar-refractivity contribution in [1.29, 1.82) is 0 Å². The summed E-state index contributed by atoms with van der Waals surface area (Å²) in [7, 11) is 1.54. The summed E-state index contributed by atoms with van der Waals surface area (Å²) in [5.74, 6) is -5.58. The first kappa shape index (κ1) is 14.8. The zero-order chi connectivity index (χ0) is 15.6. The van der Waals surface area contributed by atoms with Crippen LogP contribution in [0, 0.1) is 17.5 Å². The molecule has 4 nitrogen and oxygen atoms in total. The summed E-state index contributed by atoms with van der Waals surface area (Å²) < 4.78 is 40.6. The molecule has 0 aliphatic carbocycles. The number of hydrogen-bond donors (Lipinski definition) is 1. The van der Waals surface area contributed by atoms with Crippen LogP contribution in [0.3, 0.4) is 0 Å². The van der Waals surface area contributed by atoms with Gasteiger partial charge in [0.25, 0.3) is 11.5 Å². The highest BCUT2D eigenvalue weighted by Crippen LogP contribution is 2.15. The molecule has 1 heterocycles. The number of nitrogens with one attached hydrogen (secondary N) is 1. The number of halogens is 3. The number of aromatic nitrogens is 1. The second-order valence-electron chi connectivity index (χ2n) is 4.36. The Bertz CT molecular complexity index is 756. The Morgan fingerprint density at radius 2 is 1.90 bits per heavy atom. The molecule has 0 fully saturated rings. The molecule has 110 valence electrons. The molecule has 0 saturated carbocycles. The molecule has 0 unspecified atom stereocenters. The molecule has 1 N–H and O–H groups in total. The summed E-state index contributed by atoms with van der Waals surface area (Å²) >= 11 is 0. The number of nitrogens with zero attached hydrogens (tertiary/aromatic N) is 1. The normalized spacial score (nSPS) is 10.5. The van der Waals surface area contributed by atoms with Crippen LogP contribution in [0.5, 0.6) is 0 Å². The van der Waals surface area contributed by atoms with Crippen molar-refractivity contribution >= 4 is 5.91 Å². The van der Waals surface area contributed by atoms with E-state index in [1.165, 1.54) is 10.6 Å². The number of aryl methyl sites for hydroxylation is 1. The number of benzene rings is 1. The first-order chi connectivity index (χ1) is 9.91. The Balaban J connectivity index is 2.18. The SMILES string of the molecule is Cn1cccc(CNC(=O)c2ccc(F)c(F)c2F)c1=O. The van der Waals surface area contributed by atoms with E-state index in [0.29, 0.717) is 6.07 Å². The molecule has 2 aromatic rings. The Kier molecular flexibility index (Phi) is 4.11. The lowest BCUT2D eigenvalue weighted by molar-refractivity contribution is 0.0945. The van der Waals surface area contributed by atoms with E-state index in [4.69, 9.17) is 0 Å². The minimum atomic E-state index is -1.71. The molecular weight excluding hydrogens is 285 g/mol. The van der Waals surface area contributed by atoms with Crippen molar-refractivity contribution < 1.29 is 18.0 Å². The van der Waals surface area contributed by atoms with Crippen LogP contribution in [0.4, 0.5) is 13.2 Å². The molecule has 0 radical (unpaired) electrons. The molecule has 7 heteroatoms. The predicted molar refractivity (Wildman–Crippen MR) is 69.2 cm³/mol. The third-order valence-electron chi connectivity index (χ3n) is 2.92. The number of pyridine rings is 1. The fourth-order valence-electron chi connectivity index (χ4n) is 1.76. The zero-order valence-corrected chi connectivity index (χ0v) is 11.0. The lowest BCUT2D eigenvalue weighted by atomic mass is 10.1. The maximum absolute atomic E-state index is 13.4. The van der Waals surface area contributed by atoms with Crippen molar-refractivity contribution in [3.63, 3.8) is 0 Å². The van der Waals surface area contributed by atoms with E-state index >= 15 is 0 Å². The topological polar surface area (TPSA) is 51.1 Å². The molecule has 21 heavy (non-hydrogen) atoms. The number of carbonyl (C=O) groups excluding carboxylic acids is 1. The summed E-state index contributed by atoms with van der Waals surface area (Å²) in [5.41, 5.74) is -0.651. The van der Waals surface area contributed by atoms with Gasteiger partial charge < -0.3 is 9.88 Å². The molecule has 1 amide bonds. The molecule has 2 rings (SSSR count).